The zero-order valence-corrected chi connectivity index (χ0v) is 14.5. The summed E-state index contributed by atoms with van der Waals surface area (Å²) in [6, 6.07) is 6.69. The van der Waals surface area contributed by atoms with Gasteiger partial charge in [0.2, 0.25) is 0 Å². The topological polar surface area (TPSA) is 20.3 Å². The number of carbonyl (C=O) groups excluding carboxylic acids is 1. The Hall–Kier alpha value is -1.75. The average molecular weight is 349 g/mol. The molecule has 1 amide bonds. The van der Waals surface area contributed by atoms with E-state index in [1.807, 2.05) is 11.4 Å². The number of piperidine rings is 1. The average Bonchev–Trinajstić information content (AvgIpc) is 3.10. The number of carbonyl (C=O) groups is 1. The fourth-order valence-corrected chi connectivity index (χ4v) is 4.05. The van der Waals surface area contributed by atoms with Crippen molar-refractivity contribution in [3.05, 3.63) is 57.3 Å². The summed E-state index contributed by atoms with van der Waals surface area (Å²) in [5.41, 5.74) is -0.107. The third-order valence-electron chi connectivity index (χ3n) is 4.69. The van der Waals surface area contributed by atoms with Crippen molar-refractivity contribution in [3.8, 4) is 0 Å². The van der Waals surface area contributed by atoms with Crippen molar-refractivity contribution >= 4 is 17.2 Å². The maximum Gasteiger partial charge on any atom is 0.260 e. The normalized spacial score (nSPS) is 18.0. The van der Waals surface area contributed by atoms with Crippen LogP contribution in [0.1, 0.15) is 46.5 Å². The molecule has 1 aliphatic heterocycles. The third-order valence-corrected chi connectivity index (χ3v) is 5.63. The van der Waals surface area contributed by atoms with Gasteiger partial charge in [0.05, 0.1) is 0 Å². The fraction of sp³-hybridized carbons (Fsp3) is 0.421. The lowest BCUT2D eigenvalue weighted by Crippen LogP contribution is -2.44. The van der Waals surface area contributed by atoms with E-state index in [-0.39, 0.29) is 6.04 Å². The van der Waals surface area contributed by atoms with Crippen LogP contribution in [0.2, 0.25) is 0 Å². The zero-order valence-electron chi connectivity index (χ0n) is 13.7. The molecule has 1 fully saturated rings. The Morgan fingerprint density at radius 3 is 2.88 bits per heavy atom. The maximum absolute atomic E-state index is 14.3. The summed E-state index contributed by atoms with van der Waals surface area (Å²) in [7, 11) is 0. The minimum atomic E-state index is -0.773. The van der Waals surface area contributed by atoms with Gasteiger partial charge in [-0.25, -0.2) is 8.78 Å². The van der Waals surface area contributed by atoms with E-state index in [1.54, 1.807) is 23.2 Å². The Morgan fingerprint density at radius 2 is 2.12 bits per heavy atom. The van der Waals surface area contributed by atoms with Crippen LogP contribution in [-0.2, 0) is 6.42 Å². The van der Waals surface area contributed by atoms with Crippen LogP contribution in [0.3, 0.4) is 0 Å². The van der Waals surface area contributed by atoms with Gasteiger partial charge in [-0.1, -0.05) is 12.1 Å². The summed E-state index contributed by atoms with van der Waals surface area (Å²) >= 11 is 1.70. The van der Waals surface area contributed by atoms with E-state index in [9.17, 15) is 13.6 Å². The molecule has 1 aromatic heterocycles. The maximum atomic E-state index is 14.3. The highest BCUT2D eigenvalue weighted by atomic mass is 32.1. The first-order chi connectivity index (χ1) is 11.6. The van der Waals surface area contributed by atoms with Gasteiger partial charge in [0.15, 0.2) is 0 Å². The highest BCUT2D eigenvalue weighted by molar-refractivity contribution is 7.09. The van der Waals surface area contributed by atoms with E-state index in [4.69, 9.17) is 0 Å². The van der Waals surface area contributed by atoms with E-state index >= 15 is 0 Å². The van der Waals surface area contributed by atoms with Crippen LogP contribution in [0.4, 0.5) is 8.78 Å². The second-order valence-electron chi connectivity index (χ2n) is 6.32. The number of benzene rings is 1. The van der Waals surface area contributed by atoms with Crippen LogP contribution in [0.15, 0.2) is 29.6 Å². The number of hydrogen-bond acceptors (Lipinski definition) is 2. The second-order valence-corrected chi connectivity index (χ2v) is 7.35. The summed E-state index contributed by atoms with van der Waals surface area (Å²) in [4.78, 5) is 15.8. The lowest BCUT2D eigenvalue weighted by atomic mass is 9.96. The van der Waals surface area contributed by atoms with Gasteiger partial charge < -0.3 is 4.90 Å². The Morgan fingerprint density at radius 1 is 1.29 bits per heavy atom. The number of amides is 1. The Labute approximate surface area is 145 Å². The van der Waals surface area contributed by atoms with Crippen LogP contribution in [-0.4, -0.2) is 23.4 Å². The number of hydrogen-bond donors (Lipinski definition) is 0. The molecule has 1 aliphatic rings. The van der Waals surface area contributed by atoms with Crippen molar-refractivity contribution in [1.82, 2.24) is 4.90 Å². The fourth-order valence-electron chi connectivity index (χ4n) is 3.33. The summed E-state index contributed by atoms with van der Waals surface area (Å²) in [6.07, 6.45) is 4.56. The number of thiophene rings is 1. The Bertz CT molecular complexity index is 714. The van der Waals surface area contributed by atoms with Crippen molar-refractivity contribution in [2.45, 2.75) is 45.1 Å². The molecular formula is C19H21F2NOS. The van der Waals surface area contributed by atoms with E-state index in [0.29, 0.717) is 12.1 Å². The van der Waals surface area contributed by atoms with Crippen LogP contribution in [0, 0.1) is 18.6 Å². The molecular weight excluding hydrogens is 328 g/mol. The molecule has 5 heteroatoms. The molecule has 0 N–H and O–H groups in total. The summed E-state index contributed by atoms with van der Waals surface area (Å²) in [6.45, 7) is 2.12. The Kier molecular flexibility index (Phi) is 5.29. The molecule has 2 aromatic rings. The molecule has 0 bridgehead atoms. The number of nitrogens with zero attached hydrogens (tertiary/aromatic N) is 1. The van der Waals surface area contributed by atoms with Crippen LogP contribution in [0.25, 0.3) is 0 Å². The van der Waals surface area contributed by atoms with Gasteiger partial charge in [-0.15, -0.1) is 11.3 Å². The first-order valence-corrected chi connectivity index (χ1v) is 9.24. The van der Waals surface area contributed by atoms with Crippen LogP contribution < -0.4 is 0 Å². The van der Waals surface area contributed by atoms with Gasteiger partial charge in [0, 0.05) is 17.5 Å². The summed E-state index contributed by atoms with van der Waals surface area (Å²) < 4.78 is 28.4. The molecule has 0 unspecified atom stereocenters. The van der Waals surface area contributed by atoms with E-state index in [2.05, 4.69) is 6.07 Å². The first-order valence-electron chi connectivity index (χ1n) is 8.36. The number of halogens is 2. The number of aryl methyl sites for hydroxylation is 2. The smallest absolute Gasteiger partial charge is 0.260 e. The monoisotopic (exact) mass is 349 g/mol. The molecule has 1 saturated heterocycles. The molecule has 0 aliphatic carbocycles. The van der Waals surface area contributed by atoms with Crippen molar-refractivity contribution < 1.29 is 13.6 Å². The molecule has 2 heterocycles. The lowest BCUT2D eigenvalue weighted by molar-refractivity contribution is 0.0592. The predicted molar refractivity (Wildman–Crippen MR) is 92.4 cm³/mol. The molecule has 1 atom stereocenters. The van der Waals surface area contributed by atoms with Gasteiger partial charge in [-0.3, -0.25) is 4.79 Å². The van der Waals surface area contributed by atoms with E-state index < -0.39 is 23.1 Å². The van der Waals surface area contributed by atoms with E-state index in [1.165, 1.54) is 17.0 Å². The van der Waals surface area contributed by atoms with Crippen molar-refractivity contribution in [2.24, 2.45) is 0 Å². The number of rotatable bonds is 4. The molecule has 128 valence electrons. The summed E-state index contributed by atoms with van der Waals surface area (Å²) in [5.74, 6) is -2.02. The Balaban J connectivity index is 1.80. The predicted octanol–water partition coefficient (Wildman–Crippen LogP) is 4.96. The molecule has 0 radical (unpaired) electrons. The molecule has 2 nitrogen and oxygen atoms in total. The molecule has 0 saturated carbocycles. The zero-order chi connectivity index (χ0) is 17.1. The first kappa shape index (κ1) is 17.1. The minimum absolute atomic E-state index is 0.0488. The van der Waals surface area contributed by atoms with Gasteiger partial charge in [0.25, 0.3) is 5.91 Å². The highest BCUT2D eigenvalue weighted by Crippen LogP contribution is 2.26. The van der Waals surface area contributed by atoms with Crippen molar-refractivity contribution in [2.75, 3.05) is 6.54 Å². The summed E-state index contributed by atoms with van der Waals surface area (Å²) in [5, 5.41) is 2.04. The van der Waals surface area contributed by atoms with Crippen LogP contribution >= 0.6 is 11.3 Å². The van der Waals surface area contributed by atoms with Gasteiger partial charge >= 0.3 is 0 Å². The van der Waals surface area contributed by atoms with E-state index in [0.717, 1.165) is 32.1 Å². The SMILES string of the molecule is Cc1ccc(F)c(C(=O)N2CCCC[C@H]2CCc2cccs2)c1F. The molecule has 1 aromatic carbocycles. The highest BCUT2D eigenvalue weighted by Gasteiger charge is 2.31. The molecule has 0 spiro atoms. The third kappa shape index (κ3) is 3.51. The second kappa shape index (κ2) is 7.43. The molecule has 3 rings (SSSR count). The lowest BCUT2D eigenvalue weighted by Gasteiger charge is -2.36. The van der Waals surface area contributed by atoms with Gasteiger partial charge in [-0.05, 0) is 62.1 Å². The quantitative estimate of drug-likeness (QED) is 0.764. The van der Waals surface area contributed by atoms with Crippen LogP contribution in [0.5, 0.6) is 0 Å². The van der Waals surface area contributed by atoms with Crippen molar-refractivity contribution in [3.63, 3.8) is 0 Å². The number of likely N-dealkylation sites (tertiary alicyclic amines) is 1. The minimum Gasteiger partial charge on any atom is -0.335 e. The standard InChI is InChI=1S/C19H21F2NOS/c1-13-7-10-16(20)17(18(13)21)19(23)22-11-3-2-5-14(22)8-9-15-6-4-12-24-15/h4,6-7,10,12,14H,2-3,5,8-9,11H2,1H3/t14-/m0/s1. The largest absolute Gasteiger partial charge is 0.335 e. The van der Waals surface area contributed by atoms with Gasteiger partial charge in [0.1, 0.15) is 17.2 Å². The van der Waals surface area contributed by atoms with Crippen molar-refractivity contribution in [1.29, 1.82) is 0 Å². The van der Waals surface area contributed by atoms with Gasteiger partial charge in [-0.2, -0.15) is 0 Å². The molecule has 24 heavy (non-hydrogen) atoms.